The monoisotopic (exact) mass is 403 g/mol. The van der Waals surface area contributed by atoms with Crippen LogP contribution in [0.2, 0.25) is 0 Å². The summed E-state index contributed by atoms with van der Waals surface area (Å²) in [5.74, 6) is -1.84. The quantitative estimate of drug-likeness (QED) is 0.216. The number of unbranched alkanes of at least 4 members (excludes halogenated alkanes) is 2. The summed E-state index contributed by atoms with van der Waals surface area (Å²) in [4.78, 5) is 34.8. The lowest BCUT2D eigenvalue weighted by atomic mass is 10.1. The summed E-state index contributed by atoms with van der Waals surface area (Å²) in [6, 6.07) is -0.711. The molecule has 0 N–H and O–H groups in total. The van der Waals surface area contributed by atoms with E-state index in [1.165, 1.54) is 0 Å². The number of esters is 2. The molecule has 0 aromatic rings. The topological polar surface area (TPSA) is 102 Å². The summed E-state index contributed by atoms with van der Waals surface area (Å²) in [6.45, 7) is 4.05. The van der Waals surface area contributed by atoms with Gasteiger partial charge in [-0.1, -0.05) is 26.7 Å². The predicted octanol–water partition coefficient (Wildman–Crippen LogP) is 1.05. The Morgan fingerprint density at radius 2 is 1.61 bits per heavy atom. The van der Waals surface area contributed by atoms with E-state index in [-0.39, 0.29) is 42.7 Å². The molecule has 164 valence electrons. The van der Waals surface area contributed by atoms with Gasteiger partial charge in [-0.3, -0.25) is 9.59 Å². The van der Waals surface area contributed by atoms with E-state index in [2.05, 4.69) is 0 Å². The van der Waals surface area contributed by atoms with Crippen LogP contribution in [0.25, 0.3) is 0 Å². The zero-order valence-corrected chi connectivity index (χ0v) is 18.0. The van der Waals surface area contributed by atoms with Gasteiger partial charge in [-0.15, -0.1) is 0 Å². The van der Waals surface area contributed by atoms with E-state index in [0.29, 0.717) is 19.3 Å². The van der Waals surface area contributed by atoms with Crippen molar-refractivity contribution in [2.24, 2.45) is 0 Å². The molecule has 28 heavy (non-hydrogen) atoms. The molecule has 2 unspecified atom stereocenters. The number of carbonyl (C=O) groups excluding carboxylic acids is 3. The molecule has 0 saturated carbocycles. The highest BCUT2D eigenvalue weighted by atomic mass is 16.6. The highest BCUT2D eigenvalue weighted by molar-refractivity contribution is 5.70. The van der Waals surface area contributed by atoms with Crippen molar-refractivity contribution >= 4 is 17.9 Å². The normalized spacial score (nSPS) is 13.6. The van der Waals surface area contributed by atoms with Crippen molar-refractivity contribution in [2.75, 3.05) is 41.0 Å². The average Bonchev–Trinajstić information content (AvgIpc) is 2.58. The van der Waals surface area contributed by atoms with Crippen molar-refractivity contribution in [2.45, 2.75) is 70.9 Å². The summed E-state index contributed by atoms with van der Waals surface area (Å²) < 4.78 is 16.3. The molecule has 0 aliphatic carbocycles. The van der Waals surface area contributed by atoms with Crippen molar-refractivity contribution in [3.63, 3.8) is 0 Å². The number of carboxylic acids is 1. The Morgan fingerprint density at radius 3 is 2.14 bits per heavy atom. The van der Waals surface area contributed by atoms with Gasteiger partial charge in [0.2, 0.25) is 0 Å². The first-order valence-electron chi connectivity index (χ1n) is 10.1. The Morgan fingerprint density at radius 1 is 0.929 bits per heavy atom. The summed E-state index contributed by atoms with van der Waals surface area (Å²) >= 11 is 0. The minimum absolute atomic E-state index is 0.0375. The Hall–Kier alpha value is -1.67. The first kappa shape index (κ1) is 26.3. The first-order valence-corrected chi connectivity index (χ1v) is 10.1. The molecule has 0 bridgehead atoms. The maximum absolute atomic E-state index is 12.0. The highest BCUT2D eigenvalue weighted by Gasteiger charge is 2.25. The van der Waals surface area contributed by atoms with Gasteiger partial charge in [0.05, 0.1) is 40.3 Å². The molecule has 0 aromatic heterocycles. The second kappa shape index (κ2) is 14.3. The third kappa shape index (κ3) is 12.7. The lowest BCUT2D eigenvalue weighted by Crippen LogP contribution is -2.55. The molecule has 8 nitrogen and oxygen atoms in total. The lowest BCUT2D eigenvalue weighted by molar-refractivity contribution is -0.889. The molecule has 0 aromatic carbocycles. The third-order valence-corrected chi connectivity index (χ3v) is 4.21. The lowest BCUT2D eigenvalue weighted by Gasteiger charge is -2.34. The van der Waals surface area contributed by atoms with E-state index in [0.717, 1.165) is 19.3 Å². The van der Waals surface area contributed by atoms with Gasteiger partial charge in [-0.25, -0.2) is 0 Å². The Bertz CT molecular complexity index is 474. The minimum atomic E-state index is -1.14. The van der Waals surface area contributed by atoms with Crippen LogP contribution in [-0.4, -0.2) is 75.5 Å². The van der Waals surface area contributed by atoms with E-state index < -0.39 is 18.1 Å². The van der Waals surface area contributed by atoms with Gasteiger partial charge in [-0.2, -0.15) is 0 Å². The Kier molecular flexibility index (Phi) is 13.5. The van der Waals surface area contributed by atoms with E-state index >= 15 is 0 Å². The number of likely N-dealkylation sites (N-methyl/N-ethyl adjacent to an activating group) is 1. The van der Waals surface area contributed by atoms with Crippen LogP contribution in [0.15, 0.2) is 0 Å². The van der Waals surface area contributed by atoms with Gasteiger partial charge in [-0.05, 0) is 12.8 Å². The van der Waals surface area contributed by atoms with Crippen LogP contribution < -0.4 is 5.11 Å². The van der Waals surface area contributed by atoms with Crippen LogP contribution in [0.1, 0.15) is 58.8 Å². The van der Waals surface area contributed by atoms with Gasteiger partial charge in [0.15, 0.2) is 6.10 Å². The fourth-order valence-corrected chi connectivity index (χ4v) is 2.57. The average molecular weight is 404 g/mol. The zero-order chi connectivity index (χ0) is 21.6. The second-order valence-electron chi connectivity index (χ2n) is 7.82. The Balaban J connectivity index is 4.54. The van der Waals surface area contributed by atoms with Crippen LogP contribution >= 0.6 is 0 Å². The molecule has 0 radical (unpaired) electrons. The van der Waals surface area contributed by atoms with Crippen molar-refractivity contribution in [1.82, 2.24) is 0 Å². The minimum Gasteiger partial charge on any atom is -0.544 e. The first-order chi connectivity index (χ1) is 13.1. The van der Waals surface area contributed by atoms with Crippen LogP contribution in [0.5, 0.6) is 0 Å². The van der Waals surface area contributed by atoms with Gasteiger partial charge < -0.3 is 28.6 Å². The summed E-state index contributed by atoms with van der Waals surface area (Å²) in [6.07, 6.45) is 3.52. The van der Waals surface area contributed by atoms with E-state index in [4.69, 9.17) is 14.2 Å². The number of quaternary nitrogens is 1. The fraction of sp³-hybridized carbons (Fsp3) is 0.850. The smallest absolute Gasteiger partial charge is 0.306 e. The van der Waals surface area contributed by atoms with Crippen molar-refractivity contribution in [1.29, 1.82) is 0 Å². The summed E-state index contributed by atoms with van der Waals surface area (Å²) in [5, 5.41) is 11.3. The van der Waals surface area contributed by atoms with Crippen LogP contribution in [0.4, 0.5) is 0 Å². The number of nitrogens with zero attached hydrogens (tertiary/aromatic N) is 1. The number of aliphatic carboxylic acids is 1. The maximum atomic E-state index is 12.0. The van der Waals surface area contributed by atoms with E-state index in [1.54, 1.807) is 21.1 Å². The standard InChI is InChI=1S/C20H37NO7/c1-6-8-9-11-19(23)28-16(15-27-18(22)10-7-2)14-26-13-12-17(20(24)25)21(3,4)5/h16-17H,6-15H2,1-5H3. The molecule has 0 spiro atoms. The molecular weight excluding hydrogens is 366 g/mol. The van der Waals surface area contributed by atoms with Gasteiger partial charge in [0.25, 0.3) is 0 Å². The van der Waals surface area contributed by atoms with Gasteiger partial charge >= 0.3 is 11.9 Å². The van der Waals surface area contributed by atoms with Gasteiger partial charge in [0.1, 0.15) is 12.6 Å². The molecule has 0 fully saturated rings. The molecule has 2 atom stereocenters. The molecule has 0 saturated heterocycles. The molecule has 0 aliphatic rings. The van der Waals surface area contributed by atoms with E-state index in [1.807, 2.05) is 13.8 Å². The number of rotatable bonds is 16. The van der Waals surface area contributed by atoms with Crippen molar-refractivity contribution in [3.05, 3.63) is 0 Å². The SMILES string of the molecule is CCCCCC(=O)OC(COCCC(C(=O)[O-])[N+](C)(C)C)COC(=O)CCC. The Labute approximate surface area is 168 Å². The highest BCUT2D eigenvalue weighted by Crippen LogP contribution is 2.09. The number of hydrogen-bond donors (Lipinski definition) is 0. The van der Waals surface area contributed by atoms with Crippen LogP contribution in [-0.2, 0) is 28.6 Å². The second-order valence-corrected chi connectivity index (χ2v) is 7.82. The maximum Gasteiger partial charge on any atom is 0.306 e. The largest absolute Gasteiger partial charge is 0.544 e. The third-order valence-electron chi connectivity index (χ3n) is 4.21. The molecule has 0 aliphatic heterocycles. The van der Waals surface area contributed by atoms with Crippen molar-refractivity contribution < 1.29 is 38.2 Å². The number of hydrogen-bond acceptors (Lipinski definition) is 7. The van der Waals surface area contributed by atoms with Crippen LogP contribution in [0.3, 0.4) is 0 Å². The predicted molar refractivity (Wildman–Crippen MR) is 102 cm³/mol. The molecule has 0 amide bonds. The fourth-order valence-electron chi connectivity index (χ4n) is 2.57. The summed E-state index contributed by atoms with van der Waals surface area (Å²) in [7, 11) is 5.32. The zero-order valence-electron chi connectivity index (χ0n) is 18.0. The molecule has 0 heterocycles. The number of carboxylic acid groups (broad SMARTS) is 1. The van der Waals surface area contributed by atoms with E-state index in [9.17, 15) is 19.5 Å². The van der Waals surface area contributed by atoms with Gasteiger partial charge in [0, 0.05) is 19.3 Å². The number of ether oxygens (including phenoxy) is 3. The number of carbonyl (C=O) groups is 3. The molecule has 8 heteroatoms. The summed E-state index contributed by atoms with van der Waals surface area (Å²) in [5.41, 5.74) is 0. The molecular formula is C20H37NO7. The van der Waals surface area contributed by atoms with Crippen LogP contribution in [0, 0.1) is 0 Å². The molecule has 0 rings (SSSR count). The van der Waals surface area contributed by atoms with Crippen molar-refractivity contribution in [3.8, 4) is 0 Å².